The first-order valence-corrected chi connectivity index (χ1v) is 10.8. The number of amides is 1. The first kappa shape index (κ1) is 21.8. The molecule has 0 bridgehead atoms. The van der Waals surface area contributed by atoms with Crippen LogP contribution in [0.25, 0.3) is 10.9 Å². The number of anilines is 1. The molecule has 8 heteroatoms. The van der Waals surface area contributed by atoms with Crippen LogP contribution in [0.5, 0.6) is 0 Å². The molecule has 1 amide bonds. The molecule has 0 aliphatic heterocycles. The van der Waals surface area contributed by atoms with Gasteiger partial charge < -0.3 is 22.1 Å². The number of nitrogens with zero attached hydrogens (tertiary/aromatic N) is 3. The highest BCUT2D eigenvalue weighted by atomic mass is 16.2. The molecule has 0 unspecified atom stereocenters. The lowest BCUT2D eigenvalue weighted by Crippen LogP contribution is -2.38. The van der Waals surface area contributed by atoms with E-state index in [9.17, 15) is 4.79 Å². The van der Waals surface area contributed by atoms with Crippen LogP contribution >= 0.6 is 0 Å². The number of carbonyl (C=O) groups is 1. The molecule has 1 aliphatic carbocycles. The van der Waals surface area contributed by atoms with Crippen molar-refractivity contribution in [2.24, 2.45) is 22.4 Å². The number of aromatic nitrogens is 2. The predicted octanol–water partition coefficient (Wildman–Crippen LogP) is 2.71. The molecule has 1 aliphatic rings. The van der Waals surface area contributed by atoms with Gasteiger partial charge in [0.15, 0.2) is 5.96 Å². The molecule has 2 atom stereocenters. The third-order valence-corrected chi connectivity index (χ3v) is 5.43. The van der Waals surface area contributed by atoms with Gasteiger partial charge in [-0.3, -0.25) is 4.79 Å². The number of benzene rings is 1. The van der Waals surface area contributed by atoms with E-state index < -0.39 is 0 Å². The highest BCUT2D eigenvalue weighted by Crippen LogP contribution is 2.28. The third kappa shape index (κ3) is 5.58. The molecule has 1 fully saturated rings. The summed E-state index contributed by atoms with van der Waals surface area (Å²) in [7, 11) is 0. The van der Waals surface area contributed by atoms with Gasteiger partial charge in [-0.05, 0) is 44.2 Å². The average molecular weight is 412 g/mol. The fourth-order valence-electron chi connectivity index (χ4n) is 3.81. The summed E-state index contributed by atoms with van der Waals surface area (Å²) >= 11 is 0. The van der Waals surface area contributed by atoms with Crippen molar-refractivity contribution in [2.75, 3.05) is 11.9 Å². The average Bonchev–Trinajstić information content (AvgIpc) is 2.69. The van der Waals surface area contributed by atoms with E-state index in [2.05, 4.69) is 39.4 Å². The van der Waals surface area contributed by atoms with Crippen LogP contribution in [0.4, 0.5) is 5.82 Å². The van der Waals surface area contributed by atoms with Crippen LogP contribution in [0.1, 0.15) is 62.1 Å². The maximum Gasteiger partial charge on any atom is 0.289 e. The molecular formula is C22H33N7O. The van der Waals surface area contributed by atoms with Crippen LogP contribution < -0.4 is 22.1 Å². The van der Waals surface area contributed by atoms with E-state index in [1.165, 1.54) is 0 Å². The Kier molecular flexibility index (Phi) is 7.07. The fourth-order valence-corrected chi connectivity index (χ4v) is 3.81. The van der Waals surface area contributed by atoms with Gasteiger partial charge in [0.25, 0.3) is 5.91 Å². The van der Waals surface area contributed by atoms with Gasteiger partial charge in [-0.2, -0.15) is 0 Å². The Balaban J connectivity index is 1.92. The Morgan fingerprint density at radius 2 is 2.00 bits per heavy atom. The molecule has 0 radical (unpaired) electrons. The van der Waals surface area contributed by atoms with Gasteiger partial charge in [0, 0.05) is 11.9 Å². The van der Waals surface area contributed by atoms with E-state index in [1.54, 1.807) is 0 Å². The zero-order valence-electron chi connectivity index (χ0n) is 18.1. The topological polar surface area (TPSA) is 131 Å². The molecule has 6 N–H and O–H groups in total. The van der Waals surface area contributed by atoms with E-state index >= 15 is 0 Å². The summed E-state index contributed by atoms with van der Waals surface area (Å²) in [5.74, 6) is 1.18. The maximum absolute atomic E-state index is 12.7. The van der Waals surface area contributed by atoms with E-state index in [0.29, 0.717) is 18.3 Å². The Morgan fingerprint density at radius 3 is 2.73 bits per heavy atom. The van der Waals surface area contributed by atoms with Gasteiger partial charge in [0.05, 0.1) is 17.6 Å². The van der Waals surface area contributed by atoms with Crippen molar-refractivity contribution in [1.29, 1.82) is 0 Å². The van der Waals surface area contributed by atoms with E-state index in [0.717, 1.165) is 48.6 Å². The van der Waals surface area contributed by atoms with E-state index in [4.69, 9.17) is 11.5 Å². The monoisotopic (exact) mass is 411 g/mol. The molecule has 30 heavy (non-hydrogen) atoms. The maximum atomic E-state index is 12.7. The standard InChI is InChI=1S/C22H33N7O/c1-13(2)10-11-25-21(30)20-26-16-9-8-14(3)12-15(16)19(29-20)27-17-6-4-5-7-18(17)28-22(23)24/h8-9,12-13,17-18H,4-7,10-11H2,1-3H3,(H,25,30)(H4,23,24,28)(H,26,27,29)/t17-,18+/m0/s1. The van der Waals surface area contributed by atoms with Crippen LogP contribution in [0.3, 0.4) is 0 Å². The quantitative estimate of drug-likeness (QED) is 0.409. The number of fused-ring (bicyclic) bond motifs is 1. The first-order chi connectivity index (χ1) is 14.3. The molecule has 2 aromatic rings. The van der Waals surface area contributed by atoms with Crippen LogP contribution in [-0.4, -0.2) is 40.5 Å². The van der Waals surface area contributed by atoms with Gasteiger partial charge in [-0.15, -0.1) is 0 Å². The normalized spacial score (nSPS) is 18.9. The molecule has 8 nitrogen and oxygen atoms in total. The second-order valence-electron chi connectivity index (χ2n) is 8.51. The van der Waals surface area contributed by atoms with Crippen LogP contribution in [0, 0.1) is 12.8 Å². The Morgan fingerprint density at radius 1 is 1.23 bits per heavy atom. The molecule has 1 aromatic carbocycles. The SMILES string of the molecule is Cc1ccc2nc(C(=O)NCCC(C)C)nc(N[C@H]3CCCC[C@H]3N=C(N)N)c2c1. The van der Waals surface area contributed by atoms with E-state index in [1.807, 2.05) is 25.1 Å². The summed E-state index contributed by atoms with van der Waals surface area (Å²) in [5, 5.41) is 7.34. The number of guanidine groups is 1. The van der Waals surface area contributed by atoms with Crippen LogP contribution in [-0.2, 0) is 0 Å². The summed E-state index contributed by atoms with van der Waals surface area (Å²) in [6.07, 6.45) is 4.95. The summed E-state index contributed by atoms with van der Waals surface area (Å²) in [6, 6.07) is 5.99. The first-order valence-electron chi connectivity index (χ1n) is 10.8. The molecule has 0 saturated heterocycles. The van der Waals surface area contributed by atoms with Crippen LogP contribution in [0.15, 0.2) is 23.2 Å². The zero-order valence-corrected chi connectivity index (χ0v) is 18.1. The van der Waals surface area contributed by atoms with Gasteiger partial charge in [0.1, 0.15) is 5.82 Å². The molecule has 1 aromatic heterocycles. The Hall–Kier alpha value is -2.90. The lowest BCUT2D eigenvalue weighted by Gasteiger charge is -2.30. The number of hydrogen-bond donors (Lipinski definition) is 4. The largest absolute Gasteiger partial charge is 0.370 e. The number of hydrogen-bond acceptors (Lipinski definition) is 5. The summed E-state index contributed by atoms with van der Waals surface area (Å²) in [5.41, 5.74) is 13.1. The Labute approximate surface area is 177 Å². The molecule has 1 saturated carbocycles. The van der Waals surface area contributed by atoms with Gasteiger partial charge >= 0.3 is 0 Å². The molecular weight excluding hydrogens is 378 g/mol. The lowest BCUT2D eigenvalue weighted by molar-refractivity contribution is 0.0942. The summed E-state index contributed by atoms with van der Waals surface area (Å²) in [6.45, 7) is 6.88. The minimum atomic E-state index is -0.259. The molecule has 3 rings (SSSR count). The van der Waals surface area contributed by atoms with Crippen molar-refractivity contribution in [1.82, 2.24) is 15.3 Å². The van der Waals surface area contributed by atoms with E-state index in [-0.39, 0.29) is 29.8 Å². The van der Waals surface area contributed by atoms with Gasteiger partial charge in [0.2, 0.25) is 5.82 Å². The number of aliphatic imine (C=N–C) groups is 1. The molecule has 1 heterocycles. The van der Waals surface area contributed by atoms with Crippen molar-refractivity contribution in [2.45, 2.75) is 65.0 Å². The number of nitrogens with two attached hydrogens (primary N) is 2. The van der Waals surface area contributed by atoms with Gasteiger partial charge in [-0.1, -0.05) is 38.3 Å². The smallest absolute Gasteiger partial charge is 0.289 e. The second kappa shape index (κ2) is 9.73. The van der Waals surface area contributed by atoms with Crippen molar-refractivity contribution in [3.05, 3.63) is 29.6 Å². The number of rotatable bonds is 7. The summed E-state index contributed by atoms with van der Waals surface area (Å²) in [4.78, 5) is 26.2. The lowest BCUT2D eigenvalue weighted by atomic mass is 9.90. The minimum Gasteiger partial charge on any atom is -0.370 e. The highest BCUT2D eigenvalue weighted by molar-refractivity contribution is 5.96. The van der Waals surface area contributed by atoms with Crippen molar-refractivity contribution in [3.63, 3.8) is 0 Å². The van der Waals surface area contributed by atoms with Crippen molar-refractivity contribution >= 4 is 28.6 Å². The third-order valence-electron chi connectivity index (χ3n) is 5.43. The van der Waals surface area contributed by atoms with Gasteiger partial charge in [-0.25, -0.2) is 15.0 Å². The highest BCUT2D eigenvalue weighted by Gasteiger charge is 2.26. The number of nitrogens with one attached hydrogen (secondary N) is 2. The van der Waals surface area contributed by atoms with Crippen molar-refractivity contribution < 1.29 is 4.79 Å². The Bertz CT molecular complexity index is 921. The molecule has 0 spiro atoms. The predicted molar refractivity (Wildman–Crippen MR) is 122 cm³/mol. The number of carbonyl (C=O) groups excluding carboxylic acids is 1. The zero-order chi connectivity index (χ0) is 21.7. The van der Waals surface area contributed by atoms with Crippen LogP contribution in [0.2, 0.25) is 0 Å². The number of aryl methyl sites for hydroxylation is 1. The minimum absolute atomic E-state index is 0.0121. The fraction of sp³-hybridized carbons (Fsp3) is 0.545. The molecule has 162 valence electrons. The second-order valence-corrected chi connectivity index (χ2v) is 8.51. The summed E-state index contributed by atoms with van der Waals surface area (Å²) < 4.78 is 0. The van der Waals surface area contributed by atoms with Crippen molar-refractivity contribution in [3.8, 4) is 0 Å².